The third kappa shape index (κ3) is 6.20. The smallest absolute Gasteiger partial charge is 0.410 e. The van der Waals surface area contributed by atoms with E-state index in [1.165, 1.54) is 0 Å². The van der Waals surface area contributed by atoms with Crippen LogP contribution >= 0.6 is 11.6 Å². The van der Waals surface area contributed by atoms with Crippen LogP contribution < -0.4 is 0 Å². The van der Waals surface area contributed by atoms with E-state index in [0.717, 1.165) is 24.8 Å². The van der Waals surface area contributed by atoms with Crippen molar-refractivity contribution in [1.82, 2.24) is 9.80 Å². The second-order valence-corrected chi connectivity index (χ2v) is 7.96. The van der Waals surface area contributed by atoms with Crippen molar-refractivity contribution in [1.29, 1.82) is 0 Å². The van der Waals surface area contributed by atoms with Crippen LogP contribution in [-0.2, 0) is 16.1 Å². The number of benzene rings is 1. The molecule has 0 aromatic heterocycles. The molecule has 0 aliphatic carbocycles. The molecule has 0 bridgehead atoms. The van der Waals surface area contributed by atoms with Gasteiger partial charge < -0.3 is 14.5 Å². The summed E-state index contributed by atoms with van der Waals surface area (Å²) in [4.78, 5) is 28.4. The van der Waals surface area contributed by atoms with Gasteiger partial charge in [0.2, 0.25) is 5.91 Å². The molecule has 1 fully saturated rings. The van der Waals surface area contributed by atoms with Gasteiger partial charge in [0.15, 0.2) is 0 Å². The summed E-state index contributed by atoms with van der Waals surface area (Å²) in [6.45, 7) is 7.38. The second-order valence-electron chi connectivity index (χ2n) is 7.69. The van der Waals surface area contributed by atoms with Gasteiger partial charge in [-0.2, -0.15) is 0 Å². The van der Waals surface area contributed by atoms with Crippen LogP contribution in [0.5, 0.6) is 0 Å². The molecular weight excluding hydrogens is 352 g/mol. The Kier molecular flexibility index (Phi) is 7.33. The molecule has 1 heterocycles. The Morgan fingerprint density at radius 2 is 1.88 bits per heavy atom. The average molecular weight is 381 g/mol. The third-order valence-electron chi connectivity index (χ3n) is 4.42. The Morgan fingerprint density at radius 3 is 2.50 bits per heavy atom. The van der Waals surface area contributed by atoms with Crippen LogP contribution in [0.3, 0.4) is 0 Å². The fraction of sp³-hybridized carbons (Fsp3) is 0.600. The second kappa shape index (κ2) is 9.26. The number of nitrogens with zero attached hydrogens (tertiary/aromatic N) is 2. The highest BCUT2D eigenvalue weighted by Gasteiger charge is 2.29. The minimum absolute atomic E-state index is 0.0287. The summed E-state index contributed by atoms with van der Waals surface area (Å²) in [7, 11) is 0. The first-order valence-corrected chi connectivity index (χ1v) is 9.71. The van der Waals surface area contributed by atoms with Gasteiger partial charge in [-0.3, -0.25) is 4.79 Å². The Balaban J connectivity index is 2.03. The highest BCUT2D eigenvalue weighted by atomic mass is 35.5. The van der Waals surface area contributed by atoms with Crippen molar-refractivity contribution in [2.75, 3.05) is 19.0 Å². The molecule has 0 saturated carbocycles. The van der Waals surface area contributed by atoms with Gasteiger partial charge >= 0.3 is 6.09 Å². The van der Waals surface area contributed by atoms with Crippen LogP contribution in [0.4, 0.5) is 4.79 Å². The summed E-state index contributed by atoms with van der Waals surface area (Å²) in [6, 6.07) is 10.00. The van der Waals surface area contributed by atoms with Crippen LogP contribution in [0.2, 0.25) is 0 Å². The predicted molar refractivity (Wildman–Crippen MR) is 103 cm³/mol. The summed E-state index contributed by atoms with van der Waals surface area (Å²) in [6.07, 6.45) is 2.14. The van der Waals surface area contributed by atoms with Gasteiger partial charge in [-0.25, -0.2) is 4.79 Å². The molecule has 1 unspecified atom stereocenters. The van der Waals surface area contributed by atoms with Crippen molar-refractivity contribution in [2.24, 2.45) is 0 Å². The zero-order valence-corrected chi connectivity index (χ0v) is 16.7. The molecule has 26 heavy (non-hydrogen) atoms. The Morgan fingerprint density at radius 1 is 1.19 bits per heavy atom. The van der Waals surface area contributed by atoms with Crippen LogP contribution in [0.25, 0.3) is 0 Å². The van der Waals surface area contributed by atoms with Gasteiger partial charge in [0.25, 0.3) is 0 Å². The quantitative estimate of drug-likeness (QED) is 0.740. The molecule has 1 aromatic carbocycles. The van der Waals surface area contributed by atoms with E-state index in [1.807, 2.05) is 56.0 Å². The molecule has 144 valence electrons. The number of hydrogen-bond acceptors (Lipinski definition) is 3. The van der Waals surface area contributed by atoms with Crippen molar-refractivity contribution >= 4 is 23.6 Å². The lowest BCUT2D eigenvalue weighted by Gasteiger charge is -2.31. The van der Waals surface area contributed by atoms with E-state index in [1.54, 1.807) is 4.90 Å². The van der Waals surface area contributed by atoms with E-state index < -0.39 is 5.60 Å². The van der Waals surface area contributed by atoms with Crippen LogP contribution in [0.15, 0.2) is 30.3 Å². The molecule has 5 nitrogen and oxygen atoms in total. The molecule has 1 aliphatic rings. The van der Waals surface area contributed by atoms with Gasteiger partial charge in [0, 0.05) is 25.7 Å². The number of hydrogen-bond donors (Lipinski definition) is 0. The van der Waals surface area contributed by atoms with Crippen molar-refractivity contribution in [2.45, 2.75) is 58.2 Å². The first-order chi connectivity index (χ1) is 12.3. The van der Waals surface area contributed by atoms with Crippen molar-refractivity contribution in [3.05, 3.63) is 35.9 Å². The Labute approximate surface area is 161 Å². The fourth-order valence-electron chi connectivity index (χ4n) is 3.18. The van der Waals surface area contributed by atoms with E-state index in [9.17, 15) is 9.59 Å². The lowest BCUT2D eigenvalue weighted by atomic mass is 10.1. The monoisotopic (exact) mass is 380 g/mol. The first kappa shape index (κ1) is 20.6. The van der Waals surface area contributed by atoms with E-state index >= 15 is 0 Å². The molecule has 1 aliphatic heterocycles. The van der Waals surface area contributed by atoms with Crippen LogP contribution in [0.1, 0.15) is 45.6 Å². The van der Waals surface area contributed by atoms with E-state index in [0.29, 0.717) is 19.6 Å². The number of ether oxygens (including phenoxy) is 1. The van der Waals surface area contributed by atoms with Gasteiger partial charge in [-0.05, 0) is 45.6 Å². The molecule has 2 amide bonds. The largest absolute Gasteiger partial charge is 0.444 e. The van der Waals surface area contributed by atoms with Gasteiger partial charge in [-0.1, -0.05) is 30.3 Å². The predicted octanol–water partition coefficient (Wildman–Crippen LogP) is 4.04. The number of halogens is 1. The zero-order valence-electron chi connectivity index (χ0n) is 15.9. The summed E-state index contributed by atoms with van der Waals surface area (Å²) in [5.41, 5.74) is 0.579. The maximum Gasteiger partial charge on any atom is 0.410 e. The van der Waals surface area contributed by atoms with Crippen molar-refractivity contribution in [3.8, 4) is 0 Å². The zero-order chi connectivity index (χ0) is 19.2. The summed E-state index contributed by atoms with van der Waals surface area (Å²) in [5.74, 6) is -0.0923. The summed E-state index contributed by atoms with van der Waals surface area (Å²) in [5, 5.41) is 0. The van der Waals surface area contributed by atoms with Crippen molar-refractivity contribution < 1.29 is 14.3 Å². The number of amides is 2. The number of likely N-dealkylation sites (tertiary alicyclic amines) is 1. The minimum atomic E-state index is -0.503. The molecule has 6 heteroatoms. The lowest BCUT2D eigenvalue weighted by Crippen LogP contribution is -2.42. The average Bonchev–Trinajstić information content (AvgIpc) is 2.84. The first-order valence-electron chi connectivity index (χ1n) is 9.17. The van der Waals surface area contributed by atoms with Gasteiger partial charge in [0.1, 0.15) is 11.5 Å². The number of carbonyl (C=O) groups excluding carboxylic acids is 2. The highest BCUT2D eigenvalue weighted by molar-refractivity contribution is 6.27. The van der Waals surface area contributed by atoms with Crippen LogP contribution in [0, 0.1) is 0 Å². The normalized spacial score (nSPS) is 18.2. The molecule has 1 saturated heterocycles. The number of carbonyl (C=O) groups is 2. The molecule has 1 aromatic rings. The van der Waals surface area contributed by atoms with Crippen LogP contribution in [-0.4, -0.2) is 52.4 Å². The number of rotatable bonds is 4. The summed E-state index contributed by atoms with van der Waals surface area (Å²) >= 11 is 5.85. The van der Waals surface area contributed by atoms with E-state index in [2.05, 4.69) is 0 Å². The van der Waals surface area contributed by atoms with E-state index in [-0.39, 0.29) is 23.9 Å². The Bertz CT molecular complexity index is 601. The molecular formula is C20H29ClN2O3. The molecule has 0 radical (unpaired) electrons. The third-order valence-corrected chi connectivity index (χ3v) is 4.65. The van der Waals surface area contributed by atoms with E-state index in [4.69, 9.17) is 16.3 Å². The standard InChI is InChI=1S/C20H29ClN2O3/c1-20(2,3)26-19(25)22-12-7-10-17(11-13-22)23(18(24)14-21)15-16-8-5-4-6-9-16/h4-6,8-9,17H,7,10-15H2,1-3H3. The van der Waals surface area contributed by atoms with Gasteiger partial charge in [0.05, 0.1) is 0 Å². The number of alkyl halides is 1. The SMILES string of the molecule is CC(C)(C)OC(=O)N1CCCC(N(Cc2ccccc2)C(=O)CCl)CC1. The topological polar surface area (TPSA) is 49.9 Å². The maximum absolute atomic E-state index is 12.4. The Hall–Kier alpha value is -1.75. The molecule has 0 spiro atoms. The molecule has 0 N–H and O–H groups in total. The van der Waals surface area contributed by atoms with Gasteiger partial charge in [-0.15, -0.1) is 11.6 Å². The summed E-state index contributed by atoms with van der Waals surface area (Å²) < 4.78 is 5.48. The molecule has 2 rings (SSSR count). The minimum Gasteiger partial charge on any atom is -0.444 e. The lowest BCUT2D eigenvalue weighted by molar-refractivity contribution is -0.131. The highest BCUT2D eigenvalue weighted by Crippen LogP contribution is 2.21. The maximum atomic E-state index is 12.4. The molecule has 1 atom stereocenters. The fourth-order valence-corrected chi connectivity index (χ4v) is 3.33. The van der Waals surface area contributed by atoms with Crippen molar-refractivity contribution in [3.63, 3.8) is 0 Å².